The largest absolute Gasteiger partial charge is 0.311 e. The summed E-state index contributed by atoms with van der Waals surface area (Å²) in [6, 6.07) is 2.45. The van der Waals surface area contributed by atoms with Gasteiger partial charge in [-0.25, -0.2) is 4.98 Å². The third kappa shape index (κ3) is 2.73. The predicted molar refractivity (Wildman–Crippen MR) is 70.2 cm³/mol. The van der Waals surface area contributed by atoms with Gasteiger partial charge in [-0.05, 0) is 19.5 Å². The summed E-state index contributed by atoms with van der Waals surface area (Å²) >= 11 is 1.70. The highest BCUT2D eigenvalue weighted by molar-refractivity contribution is 7.09. The van der Waals surface area contributed by atoms with Gasteiger partial charge >= 0.3 is 0 Å². The second-order valence-electron chi connectivity index (χ2n) is 4.01. The van der Waals surface area contributed by atoms with Crippen LogP contribution in [0, 0.1) is 0 Å². The minimum absolute atomic E-state index is 0.277. The lowest BCUT2D eigenvalue weighted by Gasteiger charge is -2.14. The average molecular weight is 250 g/mol. The fourth-order valence-corrected chi connectivity index (χ4v) is 2.59. The van der Waals surface area contributed by atoms with Crippen molar-refractivity contribution >= 4 is 11.3 Å². The molecule has 4 nitrogen and oxygen atoms in total. The molecule has 0 radical (unpaired) electrons. The highest BCUT2D eigenvalue weighted by atomic mass is 32.1. The zero-order valence-electron chi connectivity index (χ0n) is 10.5. The second kappa shape index (κ2) is 5.42. The van der Waals surface area contributed by atoms with Gasteiger partial charge in [-0.3, -0.25) is 4.68 Å². The molecular weight excluding hydrogens is 232 g/mol. The molecule has 0 aliphatic rings. The van der Waals surface area contributed by atoms with E-state index in [1.807, 2.05) is 30.4 Å². The number of nitrogens with one attached hydrogen (secondary N) is 1. The highest BCUT2D eigenvalue weighted by Gasteiger charge is 2.16. The van der Waals surface area contributed by atoms with Gasteiger partial charge in [0.05, 0.1) is 22.4 Å². The maximum absolute atomic E-state index is 4.49. The van der Waals surface area contributed by atoms with E-state index in [-0.39, 0.29) is 6.04 Å². The molecule has 1 atom stereocenters. The lowest BCUT2D eigenvalue weighted by atomic mass is 10.1. The lowest BCUT2D eigenvalue weighted by Crippen LogP contribution is -2.21. The van der Waals surface area contributed by atoms with E-state index >= 15 is 0 Å². The Kier molecular flexibility index (Phi) is 3.91. The molecule has 0 aliphatic heterocycles. The van der Waals surface area contributed by atoms with Crippen LogP contribution in [0.15, 0.2) is 17.6 Å². The van der Waals surface area contributed by atoms with Crippen LogP contribution >= 0.6 is 11.3 Å². The van der Waals surface area contributed by atoms with Crippen LogP contribution in [0.3, 0.4) is 0 Å². The Labute approximate surface area is 106 Å². The molecule has 92 valence electrons. The molecule has 2 aromatic rings. The molecule has 0 fully saturated rings. The van der Waals surface area contributed by atoms with Crippen LogP contribution in [-0.2, 0) is 19.9 Å². The van der Waals surface area contributed by atoms with Crippen LogP contribution in [0.5, 0.6) is 0 Å². The molecule has 0 saturated heterocycles. The number of hydrogen-bond acceptors (Lipinski definition) is 4. The molecule has 2 heterocycles. The molecular formula is C12H18N4S. The van der Waals surface area contributed by atoms with Gasteiger partial charge in [-0.1, -0.05) is 6.92 Å². The van der Waals surface area contributed by atoms with Gasteiger partial charge in [0.2, 0.25) is 0 Å². The summed E-state index contributed by atoms with van der Waals surface area (Å²) in [5, 5.41) is 11.0. The molecule has 0 saturated carbocycles. The van der Waals surface area contributed by atoms with Crippen molar-refractivity contribution < 1.29 is 0 Å². The third-order valence-electron chi connectivity index (χ3n) is 2.90. The van der Waals surface area contributed by atoms with Crippen molar-refractivity contribution in [2.45, 2.75) is 25.8 Å². The van der Waals surface area contributed by atoms with Gasteiger partial charge in [0.15, 0.2) is 0 Å². The van der Waals surface area contributed by atoms with Crippen molar-refractivity contribution in [1.82, 2.24) is 20.1 Å². The Balaban J connectivity index is 2.19. The van der Waals surface area contributed by atoms with Crippen molar-refractivity contribution in [3.8, 4) is 0 Å². The van der Waals surface area contributed by atoms with Crippen LogP contribution in [0.1, 0.15) is 29.4 Å². The van der Waals surface area contributed by atoms with Gasteiger partial charge in [0.25, 0.3) is 0 Å². The number of nitrogens with zero attached hydrogens (tertiary/aromatic N) is 3. The zero-order chi connectivity index (χ0) is 12.3. The molecule has 0 spiro atoms. The summed E-state index contributed by atoms with van der Waals surface area (Å²) in [4.78, 5) is 4.33. The minimum atomic E-state index is 0.277. The predicted octanol–water partition coefficient (Wildman–Crippen LogP) is 1.94. The van der Waals surface area contributed by atoms with Crippen molar-refractivity contribution in [1.29, 1.82) is 0 Å². The first-order valence-corrected chi connectivity index (χ1v) is 6.71. The molecule has 2 rings (SSSR count). The Morgan fingerprint density at radius 2 is 2.35 bits per heavy atom. The van der Waals surface area contributed by atoms with E-state index in [0.29, 0.717) is 0 Å². The fourth-order valence-electron chi connectivity index (χ4n) is 1.93. The summed E-state index contributed by atoms with van der Waals surface area (Å²) < 4.78 is 1.97. The van der Waals surface area contributed by atoms with E-state index in [2.05, 4.69) is 28.4 Å². The molecule has 0 aliphatic carbocycles. The highest BCUT2D eigenvalue weighted by Crippen LogP contribution is 2.20. The topological polar surface area (TPSA) is 42.7 Å². The minimum Gasteiger partial charge on any atom is -0.311 e. The standard InChI is InChI=1S/C12H18N4S/c1-4-9-7-11(16(3)15-9)10(13-2)8-12-14-5-6-17-12/h5-7,10,13H,4,8H2,1-3H3. The van der Waals surface area contributed by atoms with Crippen LogP contribution < -0.4 is 5.32 Å². The summed E-state index contributed by atoms with van der Waals surface area (Å²) in [7, 11) is 3.98. The van der Waals surface area contributed by atoms with Crippen molar-refractivity contribution in [2.75, 3.05) is 7.05 Å². The Morgan fingerprint density at radius 1 is 1.53 bits per heavy atom. The van der Waals surface area contributed by atoms with E-state index in [1.54, 1.807) is 11.3 Å². The number of likely N-dealkylation sites (N-methyl/N-ethyl adjacent to an activating group) is 1. The lowest BCUT2D eigenvalue weighted by molar-refractivity contribution is 0.535. The van der Waals surface area contributed by atoms with E-state index < -0.39 is 0 Å². The molecule has 2 aromatic heterocycles. The second-order valence-corrected chi connectivity index (χ2v) is 4.99. The number of rotatable bonds is 5. The van der Waals surface area contributed by atoms with Crippen LogP contribution in [-0.4, -0.2) is 21.8 Å². The summed E-state index contributed by atoms with van der Waals surface area (Å²) in [5.74, 6) is 0. The normalized spacial score (nSPS) is 12.9. The SMILES string of the molecule is CCc1cc(C(Cc2nccs2)NC)n(C)n1. The Hall–Kier alpha value is -1.20. The quantitative estimate of drug-likeness (QED) is 0.882. The number of aromatic nitrogens is 3. The van der Waals surface area contributed by atoms with Crippen LogP contribution in [0.4, 0.5) is 0 Å². The van der Waals surface area contributed by atoms with Crippen molar-refractivity contribution in [2.24, 2.45) is 7.05 Å². The molecule has 17 heavy (non-hydrogen) atoms. The van der Waals surface area contributed by atoms with E-state index in [0.717, 1.165) is 23.5 Å². The molecule has 0 aromatic carbocycles. The molecule has 5 heteroatoms. The first-order valence-electron chi connectivity index (χ1n) is 5.83. The van der Waals surface area contributed by atoms with E-state index in [1.165, 1.54) is 5.69 Å². The van der Waals surface area contributed by atoms with Crippen LogP contribution in [0.25, 0.3) is 0 Å². The number of hydrogen-bond donors (Lipinski definition) is 1. The van der Waals surface area contributed by atoms with Gasteiger partial charge in [-0.15, -0.1) is 11.3 Å². The van der Waals surface area contributed by atoms with E-state index in [9.17, 15) is 0 Å². The Morgan fingerprint density at radius 3 is 2.88 bits per heavy atom. The maximum Gasteiger partial charge on any atom is 0.0944 e. The smallest absolute Gasteiger partial charge is 0.0944 e. The van der Waals surface area contributed by atoms with Crippen LogP contribution in [0.2, 0.25) is 0 Å². The summed E-state index contributed by atoms with van der Waals surface area (Å²) in [5.41, 5.74) is 2.36. The maximum atomic E-state index is 4.49. The summed E-state index contributed by atoms with van der Waals surface area (Å²) in [6.45, 7) is 2.13. The third-order valence-corrected chi connectivity index (χ3v) is 3.70. The number of thiazole rings is 1. The summed E-state index contributed by atoms with van der Waals surface area (Å²) in [6.07, 6.45) is 3.74. The van der Waals surface area contributed by atoms with Gasteiger partial charge < -0.3 is 5.32 Å². The van der Waals surface area contributed by atoms with E-state index in [4.69, 9.17) is 0 Å². The molecule has 0 amide bonds. The average Bonchev–Trinajstić information content (AvgIpc) is 2.95. The first kappa shape index (κ1) is 12.3. The zero-order valence-corrected chi connectivity index (χ0v) is 11.3. The molecule has 0 bridgehead atoms. The number of aryl methyl sites for hydroxylation is 2. The van der Waals surface area contributed by atoms with Gasteiger partial charge in [0, 0.05) is 25.0 Å². The molecule has 1 unspecified atom stereocenters. The first-order chi connectivity index (χ1) is 8.24. The van der Waals surface area contributed by atoms with Crippen molar-refractivity contribution in [3.63, 3.8) is 0 Å². The van der Waals surface area contributed by atoms with Gasteiger partial charge in [0.1, 0.15) is 0 Å². The molecule has 1 N–H and O–H groups in total. The monoisotopic (exact) mass is 250 g/mol. The van der Waals surface area contributed by atoms with Crippen molar-refractivity contribution in [3.05, 3.63) is 34.0 Å². The van der Waals surface area contributed by atoms with Gasteiger partial charge in [-0.2, -0.15) is 5.10 Å². The fraction of sp³-hybridized carbons (Fsp3) is 0.500. The Bertz CT molecular complexity index is 461.